The first kappa shape index (κ1) is 14.6. The van der Waals surface area contributed by atoms with Gasteiger partial charge in [0.1, 0.15) is 5.82 Å². The van der Waals surface area contributed by atoms with Gasteiger partial charge in [-0.05, 0) is 36.4 Å². The van der Waals surface area contributed by atoms with E-state index in [1.165, 1.54) is 9.79 Å². The van der Waals surface area contributed by atoms with Crippen LogP contribution in [0.2, 0.25) is 0 Å². The molecule has 0 radical (unpaired) electrons. The number of rotatable bonds is 1. The minimum atomic E-state index is -0.188. The number of hydrogen-bond acceptors (Lipinski definition) is 2. The molecule has 0 aliphatic carbocycles. The number of fused-ring (bicyclic) bond motifs is 3. The van der Waals surface area contributed by atoms with E-state index in [-0.39, 0.29) is 5.82 Å². The van der Waals surface area contributed by atoms with Gasteiger partial charge in [-0.25, -0.2) is 4.39 Å². The van der Waals surface area contributed by atoms with Crippen molar-refractivity contribution in [1.82, 2.24) is 0 Å². The Morgan fingerprint density at radius 3 is 1.80 bits per heavy atom. The van der Waals surface area contributed by atoms with Crippen LogP contribution in [0.5, 0.6) is 0 Å². The normalized spacial score (nSPS) is 12.8. The molecule has 4 aromatic carbocycles. The van der Waals surface area contributed by atoms with E-state index in [1.807, 2.05) is 42.5 Å². The van der Waals surface area contributed by atoms with Gasteiger partial charge in [-0.15, -0.1) is 0 Å². The van der Waals surface area contributed by atoms with E-state index >= 15 is 0 Å². The Balaban J connectivity index is 1.85. The van der Waals surface area contributed by atoms with Gasteiger partial charge in [0.15, 0.2) is 0 Å². The highest BCUT2D eigenvalue weighted by Gasteiger charge is 2.25. The van der Waals surface area contributed by atoms with Gasteiger partial charge in [-0.2, -0.15) is 0 Å². The number of benzene rings is 4. The molecule has 25 heavy (non-hydrogen) atoms. The molecule has 0 amide bonds. The summed E-state index contributed by atoms with van der Waals surface area (Å²) in [6, 6.07) is 27.8. The van der Waals surface area contributed by atoms with Gasteiger partial charge in [0, 0.05) is 20.6 Å². The second-order valence-electron chi connectivity index (χ2n) is 5.99. The quantitative estimate of drug-likeness (QED) is 0.325. The van der Waals surface area contributed by atoms with Crippen LogP contribution in [0.1, 0.15) is 0 Å². The summed E-state index contributed by atoms with van der Waals surface area (Å²) >= 11 is 1.77. The smallest absolute Gasteiger partial charge is 0.131 e. The molecule has 1 nitrogen and oxygen atoms in total. The standard InChI is InChI=1S/C22H14FNS/c23-17-13-14-18(16-8-2-1-7-15(16)17)24-19-9-3-5-11-21(19)25-22-12-6-4-10-20(22)24/h1-14H. The average Bonchev–Trinajstić information content (AvgIpc) is 2.67. The lowest BCUT2D eigenvalue weighted by molar-refractivity contribution is 0.640. The van der Waals surface area contributed by atoms with Gasteiger partial charge in [0.25, 0.3) is 0 Å². The molecule has 5 rings (SSSR count). The molecule has 1 aliphatic rings. The van der Waals surface area contributed by atoms with Crippen molar-refractivity contribution in [3.8, 4) is 0 Å². The van der Waals surface area contributed by atoms with E-state index in [2.05, 4.69) is 41.3 Å². The summed E-state index contributed by atoms with van der Waals surface area (Å²) in [7, 11) is 0. The minimum absolute atomic E-state index is 0.188. The zero-order valence-corrected chi connectivity index (χ0v) is 14.1. The Hall–Kier alpha value is -2.78. The molecule has 0 fully saturated rings. The predicted octanol–water partition coefficient (Wildman–Crippen LogP) is 6.91. The lowest BCUT2D eigenvalue weighted by Crippen LogP contribution is -2.15. The molecule has 0 saturated heterocycles. The van der Waals surface area contributed by atoms with Crippen molar-refractivity contribution in [3.63, 3.8) is 0 Å². The first-order valence-electron chi connectivity index (χ1n) is 8.16. The lowest BCUT2D eigenvalue weighted by atomic mass is 10.1. The topological polar surface area (TPSA) is 3.24 Å². The van der Waals surface area contributed by atoms with E-state index in [9.17, 15) is 4.39 Å². The third kappa shape index (κ3) is 2.24. The Labute approximate surface area is 149 Å². The molecule has 4 aromatic rings. The van der Waals surface area contributed by atoms with Crippen LogP contribution < -0.4 is 4.90 Å². The van der Waals surface area contributed by atoms with Gasteiger partial charge >= 0.3 is 0 Å². The summed E-state index contributed by atoms with van der Waals surface area (Å²) in [5.41, 5.74) is 3.25. The van der Waals surface area contributed by atoms with Crippen molar-refractivity contribution < 1.29 is 4.39 Å². The van der Waals surface area contributed by atoms with Crippen molar-refractivity contribution in [3.05, 3.63) is 90.7 Å². The highest BCUT2D eigenvalue weighted by molar-refractivity contribution is 7.99. The maximum atomic E-state index is 14.3. The highest BCUT2D eigenvalue weighted by Crippen LogP contribution is 2.52. The molecule has 1 aliphatic heterocycles. The fraction of sp³-hybridized carbons (Fsp3) is 0. The zero-order valence-electron chi connectivity index (χ0n) is 13.3. The van der Waals surface area contributed by atoms with Crippen molar-refractivity contribution in [2.75, 3.05) is 4.90 Å². The van der Waals surface area contributed by atoms with Crippen LogP contribution in [0.25, 0.3) is 10.8 Å². The number of para-hydroxylation sites is 2. The largest absolute Gasteiger partial charge is 0.308 e. The van der Waals surface area contributed by atoms with Crippen molar-refractivity contribution >= 4 is 39.6 Å². The third-order valence-electron chi connectivity index (χ3n) is 4.52. The zero-order chi connectivity index (χ0) is 16.8. The fourth-order valence-electron chi connectivity index (χ4n) is 3.41. The molecular formula is C22H14FNS. The molecule has 0 atom stereocenters. The number of nitrogens with zero attached hydrogens (tertiary/aromatic N) is 1. The molecule has 0 spiro atoms. The molecule has 120 valence electrons. The predicted molar refractivity (Wildman–Crippen MR) is 103 cm³/mol. The van der Waals surface area contributed by atoms with E-state index in [0.717, 1.165) is 22.4 Å². The second kappa shape index (κ2) is 5.64. The van der Waals surface area contributed by atoms with Crippen LogP contribution in [0.4, 0.5) is 21.5 Å². The fourth-order valence-corrected chi connectivity index (χ4v) is 4.46. The highest BCUT2D eigenvalue weighted by atomic mass is 32.2. The van der Waals surface area contributed by atoms with Crippen LogP contribution in [-0.4, -0.2) is 0 Å². The van der Waals surface area contributed by atoms with Crippen LogP contribution in [0, 0.1) is 5.82 Å². The minimum Gasteiger partial charge on any atom is -0.308 e. The SMILES string of the molecule is Fc1ccc(N2c3ccccc3Sc3ccccc32)c2ccccc12. The molecular weight excluding hydrogens is 329 g/mol. The molecule has 0 unspecified atom stereocenters. The number of halogens is 1. The van der Waals surface area contributed by atoms with E-state index in [0.29, 0.717) is 5.39 Å². The summed E-state index contributed by atoms with van der Waals surface area (Å²) in [6.07, 6.45) is 0. The summed E-state index contributed by atoms with van der Waals surface area (Å²) < 4.78 is 14.3. The molecule has 0 bridgehead atoms. The van der Waals surface area contributed by atoms with Gasteiger partial charge in [-0.1, -0.05) is 60.3 Å². The van der Waals surface area contributed by atoms with Crippen LogP contribution in [0.15, 0.2) is 94.7 Å². The molecule has 3 heteroatoms. The number of anilines is 3. The van der Waals surface area contributed by atoms with Crippen LogP contribution in [0.3, 0.4) is 0 Å². The van der Waals surface area contributed by atoms with E-state index < -0.39 is 0 Å². The third-order valence-corrected chi connectivity index (χ3v) is 5.65. The van der Waals surface area contributed by atoms with Gasteiger partial charge in [0.05, 0.1) is 17.1 Å². The summed E-state index contributed by atoms with van der Waals surface area (Å²) in [4.78, 5) is 4.65. The first-order valence-corrected chi connectivity index (χ1v) is 8.98. The average molecular weight is 343 g/mol. The van der Waals surface area contributed by atoms with Gasteiger partial charge in [0.2, 0.25) is 0 Å². The Bertz CT molecular complexity index is 1060. The summed E-state index contributed by atoms with van der Waals surface area (Å²) in [6.45, 7) is 0. The maximum absolute atomic E-state index is 14.3. The molecule has 0 aromatic heterocycles. The molecule has 0 saturated carbocycles. The van der Waals surface area contributed by atoms with Gasteiger partial charge in [-0.3, -0.25) is 0 Å². The van der Waals surface area contributed by atoms with Gasteiger partial charge < -0.3 is 4.90 Å². The second-order valence-corrected chi connectivity index (χ2v) is 7.07. The van der Waals surface area contributed by atoms with Crippen molar-refractivity contribution in [1.29, 1.82) is 0 Å². The van der Waals surface area contributed by atoms with Crippen molar-refractivity contribution in [2.24, 2.45) is 0 Å². The number of hydrogen-bond donors (Lipinski definition) is 0. The monoisotopic (exact) mass is 343 g/mol. The Morgan fingerprint density at radius 2 is 1.12 bits per heavy atom. The Morgan fingerprint density at radius 1 is 0.560 bits per heavy atom. The van der Waals surface area contributed by atoms with Crippen molar-refractivity contribution in [2.45, 2.75) is 9.79 Å². The Kier molecular flexibility index (Phi) is 3.28. The lowest BCUT2D eigenvalue weighted by Gasteiger charge is -2.33. The van der Waals surface area contributed by atoms with Crippen LogP contribution >= 0.6 is 11.8 Å². The van der Waals surface area contributed by atoms with Crippen LogP contribution in [-0.2, 0) is 0 Å². The summed E-state index contributed by atoms with van der Waals surface area (Å²) in [5.74, 6) is -0.188. The first-order chi connectivity index (χ1) is 12.3. The molecule has 1 heterocycles. The maximum Gasteiger partial charge on any atom is 0.131 e. The summed E-state index contributed by atoms with van der Waals surface area (Å²) in [5, 5.41) is 1.56. The molecule has 0 N–H and O–H groups in total. The van der Waals surface area contributed by atoms with E-state index in [1.54, 1.807) is 17.8 Å². The van der Waals surface area contributed by atoms with E-state index in [4.69, 9.17) is 0 Å².